The number of halogens is 2. The normalized spacial score (nSPS) is 20.2. The van der Waals surface area contributed by atoms with Gasteiger partial charge in [-0.25, -0.2) is 4.98 Å². The smallest absolute Gasteiger partial charge is 0.227 e. The number of aromatic nitrogens is 1. The molecule has 1 unspecified atom stereocenters. The minimum atomic E-state index is 0.0981. The second-order valence-electron chi connectivity index (χ2n) is 3.67. The van der Waals surface area contributed by atoms with Crippen LogP contribution in [0.4, 0.5) is 5.69 Å². The minimum absolute atomic E-state index is 0.0981. The molecule has 5 heteroatoms. The van der Waals surface area contributed by atoms with Crippen molar-refractivity contribution in [2.24, 2.45) is 5.92 Å². The van der Waals surface area contributed by atoms with Gasteiger partial charge in [0, 0.05) is 18.9 Å². The summed E-state index contributed by atoms with van der Waals surface area (Å²) in [7, 11) is 0. The molecule has 1 aliphatic rings. The molecule has 0 N–H and O–H groups in total. The quantitative estimate of drug-likeness (QED) is 0.621. The monoisotopic (exact) mass is 300 g/mol. The highest BCUT2D eigenvalue weighted by molar-refractivity contribution is 9.10. The van der Waals surface area contributed by atoms with E-state index in [0.29, 0.717) is 22.6 Å². The lowest BCUT2D eigenvalue weighted by molar-refractivity contribution is -0.117. The van der Waals surface area contributed by atoms with Crippen molar-refractivity contribution >= 4 is 39.1 Å². The molecule has 1 aromatic rings. The molecule has 1 aliphatic heterocycles. The Labute approximate surface area is 107 Å². The molecule has 1 saturated heterocycles. The zero-order chi connectivity index (χ0) is 11.7. The Kier molecular flexibility index (Phi) is 3.30. The maximum absolute atomic E-state index is 11.7. The Balaban J connectivity index is 2.27. The SMILES string of the molecule is C=CC1CC(=O)N(c2cnc(Cl)c(Br)c2)C1. The molecule has 0 radical (unpaired) electrons. The Morgan fingerprint density at radius 3 is 3.00 bits per heavy atom. The van der Waals surface area contributed by atoms with E-state index in [9.17, 15) is 4.79 Å². The van der Waals surface area contributed by atoms with E-state index in [4.69, 9.17) is 11.6 Å². The predicted octanol–water partition coefficient (Wildman–Crippen LogP) is 3.04. The number of hydrogen-bond acceptors (Lipinski definition) is 2. The van der Waals surface area contributed by atoms with Crippen molar-refractivity contribution in [3.63, 3.8) is 0 Å². The van der Waals surface area contributed by atoms with E-state index in [2.05, 4.69) is 27.5 Å². The van der Waals surface area contributed by atoms with E-state index < -0.39 is 0 Å². The first-order valence-electron chi connectivity index (χ1n) is 4.85. The summed E-state index contributed by atoms with van der Waals surface area (Å²) >= 11 is 9.09. The zero-order valence-corrected chi connectivity index (χ0v) is 10.8. The average molecular weight is 302 g/mol. The average Bonchev–Trinajstić information content (AvgIpc) is 2.64. The molecule has 0 aromatic carbocycles. The molecular weight excluding hydrogens is 291 g/mol. The van der Waals surface area contributed by atoms with E-state index in [1.165, 1.54) is 0 Å². The van der Waals surface area contributed by atoms with Crippen LogP contribution in [0.25, 0.3) is 0 Å². The van der Waals surface area contributed by atoms with Crippen LogP contribution < -0.4 is 4.90 Å². The highest BCUT2D eigenvalue weighted by Gasteiger charge is 2.29. The summed E-state index contributed by atoms with van der Waals surface area (Å²) in [6.07, 6.45) is 3.94. The Bertz CT molecular complexity index is 450. The van der Waals surface area contributed by atoms with Crippen molar-refractivity contribution in [2.45, 2.75) is 6.42 Å². The molecule has 0 bridgehead atoms. The third kappa shape index (κ3) is 2.13. The highest BCUT2D eigenvalue weighted by Crippen LogP contribution is 2.29. The van der Waals surface area contributed by atoms with Gasteiger partial charge in [-0.1, -0.05) is 17.7 Å². The van der Waals surface area contributed by atoms with Crippen LogP contribution in [0.15, 0.2) is 29.4 Å². The van der Waals surface area contributed by atoms with Gasteiger partial charge in [0.15, 0.2) is 0 Å². The zero-order valence-electron chi connectivity index (χ0n) is 8.49. The van der Waals surface area contributed by atoms with Crippen LogP contribution in [0.3, 0.4) is 0 Å². The van der Waals surface area contributed by atoms with Gasteiger partial charge in [-0.05, 0) is 22.0 Å². The van der Waals surface area contributed by atoms with Gasteiger partial charge in [-0.2, -0.15) is 0 Å². The third-order valence-electron chi connectivity index (χ3n) is 2.58. The first-order chi connectivity index (χ1) is 7.61. The number of amides is 1. The van der Waals surface area contributed by atoms with Gasteiger partial charge in [0.25, 0.3) is 0 Å². The van der Waals surface area contributed by atoms with Gasteiger partial charge in [0.1, 0.15) is 5.15 Å². The van der Waals surface area contributed by atoms with Crippen LogP contribution in [-0.2, 0) is 4.79 Å². The number of hydrogen-bond donors (Lipinski definition) is 0. The number of carbonyl (C=O) groups excluding carboxylic acids is 1. The Hall–Kier alpha value is -0.870. The maximum Gasteiger partial charge on any atom is 0.227 e. The number of nitrogens with zero attached hydrogens (tertiary/aromatic N) is 2. The largest absolute Gasteiger partial charge is 0.310 e. The highest BCUT2D eigenvalue weighted by atomic mass is 79.9. The van der Waals surface area contributed by atoms with Gasteiger partial charge >= 0.3 is 0 Å². The fourth-order valence-electron chi connectivity index (χ4n) is 1.70. The van der Waals surface area contributed by atoms with Gasteiger partial charge in [-0.15, -0.1) is 6.58 Å². The van der Waals surface area contributed by atoms with Crippen molar-refractivity contribution in [2.75, 3.05) is 11.4 Å². The lowest BCUT2D eigenvalue weighted by atomic mass is 10.1. The second-order valence-corrected chi connectivity index (χ2v) is 4.88. The number of carbonyl (C=O) groups is 1. The molecule has 16 heavy (non-hydrogen) atoms. The molecule has 3 nitrogen and oxygen atoms in total. The summed E-state index contributed by atoms with van der Waals surface area (Å²) < 4.78 is 0.696. The van der Waals surface area contributed by atoms with Crippen LogP contribution in [0, 0.1) is 5.92 Å². The summed E-state index contributed by atoms with van der Waals surface area (Å²) in [4.78, 5) is 17.5. The van der Waals surface area contributed by atoms with E-state index in [1.54, 1.807) is 17.2 Å². The van der Waals surface area contributed by atoms with Gasteiger partial charge in [-0.3, -0.25) is 4.79 Å². The molecule has 1 aromatic heterocycles. The van der Waals surface area contributed by atoms with Crippen molar-refractivity contribution in [3.8, 4) is 0 Å². The molecule has 1 atom stereocenters. The lowest BCUT2D eigenvalue weighted by Crippen LogP contribution is -2.24. The van der Waals surface area contributed by atoms with Crippen molar-refractivity contribution < 1.29 is 4.79 Å². The van der Waals surface area contributed by atoms with Gasteiger partial charge in [0.2, 0.25) is 5.91 Å². The molecule has 2 heterocycles. The summed E-state index contributed by atoms with van der Waals surface area (Å²) in [5, 5.41) is 0.399. The summed E-state index contributed by atoms with van der Waals surface area (Å²) in [6, 6.07) is 1.80. The summed E-state index contributed by atoms with van der Waals surface area (Å²) in [6.45, 7) is 4.38. The summed E-state index contributed by atoms with van der Waals surface area (Å²) in [5.74, 6) is 0.322. The van der Waals surface area contributed by atoms with Gasteiger partial charge < -0.3 is 4.90 Å². The fourth-order valence-corrected chi connectivity index (χ4v) is 2.14. The third-order valence-corrected chi connectivity index (χ3v) is 3.72. The molecule has 0 spiro atoms. The van der Waals surface area contributed by atoms with Crippen LogP contribution in [-0.4, -0.2) is 17.4 Å². The van der Waals surface area contributed by atoms with E-state index in [0.717, 1.165) is 5.69 Å². The molecule has 1 fully saturated rings. The Morgan fingerprint density at radius 2 is 2.44 bits per heavy atom. The fraction of sp³-hybridized carbons (Fsp3) is 0.273. The lowest BCUT2D eigenvalue weighted by Gasteiger charge is -2.16. The van der Waals surface area contributed by atoms with Crippen molar-refractivity contribution in [1.29, 1.82) is 0 Å². The molecule has 1 amide bonds. The Morgan fingerprint density at radius 1 is 1.69 bits per heavy atom. The first kappa shape index (κ1) is 11.6. The molecule has 0 saturated carbocycles. The van der Waals surface area contributed by atoms with Crippen LogP contribution in [0.2, 0.25) is 5.15 Å². The van der Waals surface area contributed by atoms with E-state index >= 15 is 0 Å². The standard InChI is InChI=1S/C11H10BrClN2O/c1-2-7-3-10(16)15(6-7)8-4-9(12)11(13)14-5-8/h2,4-5,7H,1,3,6H2. The van der Waals surface area contributed by atoms with Crippen molar-refractivity contribution in [3.05, 3.63) is 34.5 Å². The number of rotatable bonds is 2. The number of anilines is 1. The maximum atomic E-state index is 11.7. The predicted molar refractivity (Wildman–Crippen MR) is 67.6 cm³/mol. The van der Waals surface area contributed by atoms with Crippen molar-refractivity contribution in [1.82, 2.24) is 4.98 Å². The molecule has 0 aliphatic carbocycles. The second kappa shape index (κ2) is 4.55. The number of pyridine rings is 1. The minimum Gasteiger partial charge on any atom is -0.310 e. The van der Waals surface area contributed by atoms with Crippen LogP contribution in [0.5, 0.6) is 0 Å². The molecule has 84 valence electrons. The summed E-state index contributed by atoms with van der Waals surface area (Å²) in [5.41, 5.74) is 0.769. The first-order valence-corrected chi connectivity index (χ1v) is 6.03. The topological polar surface area (TPSA) is 33.2 Å². The van der Waals surface area contributed by atoms with E-state index in [1.807, 2.05) is 6.08 Å². The molecule has 2 rings (SSSR count). The van der Waals surface area contributed by atoms with Crippen LogP contribution >= 0.6 is 27.5 Å². The molecular formula is C11H10BrClN2O. The van der Waals surface area contributed by atoms with Crippen LogP contribution in [0.1, 0.15) is 6.42 Å². The van der Waals surface area contributed by atoms with E-state index in [-0.39, 0.29) is 11.8 Å². The van der Waals surface area contributed by atoms with Gasteiger partial charge in [0.05, 0.1) is 16.4 Å².